The highest BCUT2D eigenvalue weighted by molar-refractivity contribution is 6.40. The Morgan fingerprint density at radius 2 is 1.81 bits per heavy atom. The van der Waals surface area contributed by atoms with E-state index in [1.54, 1.807) is 24.4 Å². The van der Waals surface area contributed by atoms with Gasteiger partial charge in [0.1, 0.15) is 11.8 Å². The van der Waals surface area contributed by atoms with E-state index >= 15 is 0 Å². The van der Waals surface area contributed by atoms with Gasteiger partial charge in [-0.2, -0.15) is 10.4 Å². The Hall–Kier alpha value is -1.21. The SMILES string of the molecule is N#Cc1ccn(-c2c(Cl)cc(Cl)cc2Cl)n1. The zero-order chi connectivity index (χ0) is 11.7. The lowest BCUT2D eigenvalue weighted by atomic mass is 10.3. The van der Waals surface area contributed by atoms with E-state index in [2.05, 4.69) is 5.10 Å². The minimum absolute atomic E-state index is 0.294. The molecule has 0 aliphatic heterocycles. The molecule has 1 aromatic carbocycles. The van der Waals surface area contributed by atoms with Gasteiger partial charge in [-0.15, -0.1) is 0 Å². The highest BCUT2D eigenvalue weighted by Crippen LogP contribution is 2.31. The largest absolute Gasteiger partial charge is 0.237 e. The van der Waals surface area contributed by atoms with E-state index in [1.165, 1.54) is 4.68 Å². The van der Waals surface area contributed by atoms with Crippen molar-refractivity contribution in [3.63, 3.8) is 0 Å². The lowest BCUT2D eigenvalue weighted by Crippen LogP contribution is -1.97. The highest BCUT2D eigenvalue weighted by Gasteiger charge is 2.11. The average molecular weight is 273 g/mol. The lowest BCUT2D eigenvalue weighted by Gasteiger charge is -2.07. The van der Waals surface area contributed by atoms with Gasteiger partial charge >= 0.3 is 0 Å². The summed E-state index contributed by atoms with van der Waals surface area (Å²) in [5, 5.41) is 13.9. The first kappa shape index (κ1) is 11.3. The van der Waals surface area contributed by atoms with Crippen LogP contribution in [0.5, 0.6) is 0 Å². The molecule has 80 valence electrons. The van der Waals surface area contributed by atoms with Crippen molar-refractivity contribution in [1.29, 1.82) is 5.26 Å². The van der Waals surface area contributed by atoms with Crippen LogP contribution in [-0.4, -0.2) is 9.78 Å². The molecule has 0 unspecified atom stereocenters. The van der Waals surface area contributed by atoms with Crippen molar-refractivity contribution in [3.8, 4) is 11.8 Å². The third-order valence-electron chi connectivity index (χ3n) is 1.91. The van der Waals surface area contributed by atoms with Gasteiger partial charge in [0.25, 0.3) is 0 Å². The maximum absolute atomic E-state index is 8.67. The standard InChI is InChI=1S/C10H4Cl3N3/c11-6-3-8(12)10(9(13)4-6)16-2-1-7(5-14)15-16/h1-4H. The summed E-state index contributed by atoms with van der Waals surface area (Å²) in [4.78, 5) is 0. The summed E-state index contributed by atoms with van der Waals surface area (Å²) >= 11 is 17.8. The molecule has 3 nitrogen and oxygen atoms in total. The van der Waals surface area contributed by atoms with E-state index in [4.69, 9.17) is 40.1 Å². The number of hydrogen-bond donors (Lipinski definition) is 0. The molecule has 0 atom stereocenters. The van der Waals surface area contributed by atoms with E-state index < -0.39 is 0 Å². The van der Waals surface area contributed by atoms with E-state index in [0.717, 1.165) is 0 Å². The first-order valence-corrected chi connectivity index (χ1v) is 5.36. The minimum atomic E-state index is 0.294. The molecule has 1 aromatic heterocycles. The molecule has 0 aliphatic carbocycles. The van der Waals surface area contributed by atoms with E-state index in [1.807, 2.05) is 6.07 Å². The second-order valence-corrected chi connectivity index (χ2v) is 4.23. The zero-order valence-electron chi connectivity index (χ0n) is 7.78. The molecule has 0 bridgehead atoms. The van der Waals surface area contributed by atoms with Gasteiger partial charge in [-0.05, 0) is 18.2 Å². The fraction of sp³-hybridized carbons (Fsp3) is 0. The Bertz CT molecular complexity index is 560. The zero-order valence-corrected chi connectivity index (χ0v) is 10.1. The molecule has 0 aliphatic rings. The van der Waals surface area contributed by atoms with Gasteiger partial charge in [-0.1, -0.05) is 34.8 Å². The molecule has 0 saturated carbocycles. The fourth-order valence-electron chi connectivity index (χ4n) is 1.26. The molecule has 0 radical (unpaired) electrons. The molecule has 0 saturated heterocycles. The first-order valence-electron chi connectivity index (χ1n) is 4.22. The second-order valence-electron chi connectivity index (χ2n) is 2.98. The Morgan fingerprint density at radius 3 is 2.31 bits per heavy atom. The van der Waals surface area contributed by atoms with Crippen molar-refractivity contribution < 1.29 is 0 Å². The van der Waals surface area contributed by atoms with E-state index in [0.29, 0.717) is 26.4 Å². The van der Waals surface area contributed by atoms with Crippen LogP contribution in [0.15, 0.2) is 24.4 Å². The summed E-state index contributed by atoms with van der Waals surface area (Å²) in [6, 6.07) is 6.63. The van der Waals surface area contributed by atoms with Crippen molar-refractivity contribution in [2.75, 3.05) is 0 Å². The van der Waals surface area contributed by atoms with Gasteiger partial charge in [-0.25, -0.2) is 4.68 Å². The quantitative estimate of drug-likeness (QED) is 0.794. The molecule has 16 heavy (non-hydrogen) atoms. The van der Waals surface area contributed by atoms with Gasteiger partial charge < -0.3 is 0 Å². The normalized spacial score (nSPS) is 10.1. The monoisotopic (exact) mass is 271 g/mol. The summed E-state index contributed by atoms with van der Waals surface area (Å²) in [6.45, 7) is 0. The average Bonchev–Trinajstić information content (AvgIpc) is 2.64. The van der Waals surface area contributed by atoms with Crippen molar-refractivity contribution in [2.24, 2.45) is 0 Å². The summed E-state index contributed by atoms with van der Waals surface area (Å²) in [6.07, 6.45) is 1.61. The van der Waals surface area contributed by atoms with Crippen molar-refractivity contribution in [2.45, 2.75) is 0 Å². The summed E-state index contributed by atoms with van der Waals surface area (Å²) < 4.78 is 1.44. The number of nitrogens with zero attached hydrogens (tertiary/aromatic N) is 3. The van der Waals surface area contributed by atoms with Crippen LogP contribution < -0.4 is 0 Å². The van der Waals surface area contributed by atoms with Crippen LogP contribution in [0, 0.1) is 11.3 Å². The van der Waals surface area contributed by atoms with Crippen molar-refractivity contribution >= 4 is 34.8 Å². The predicted molar refractivity (Wildman–Crippen MR) is 63.3 cm³/mol. The van der Waals surface area contributed by atoms with Gasteiger partial charge in [0.15, 0.2) is 5.69 Å². The third-order valence-corrected chi connectivity index (χ3v) is 2.71. The molecule has 2 rings (SSSR count). The second kappa shape index (κ2) is 4.34. The molecule has 0 spiro atoms. The highest BCUT2D eigenvalue weighted by atomic mass is 35.5. The molecule has 0 fully saturated rings. The number of rotatable bonds is 1. The number of nitriles is 1. The van der Waals surface area contributed by atoms with Crippen LogP contribution in [-0.2, 0) is 0 Å². The van der Waals surface area contributed by atoms with Crippen molar-refractivity contribution in [3.05, 3.63) is 45.2 Å². The third kappa shape index (κ3) is 2.00. The number of halogens is 3. The lowest BCUT2D eigenvalue weighted by molar-refractivity contribution is 0.873. The van der Waals surface area contributed by atoms with Crippen LogP contribution in [0.3, 0.4) is 0 Å². The molecule has 6 heteroatoms. The Labute approximate surface area is 107 Å². The smallest absolute Gasteiger partial charge is 0.162 e. The molecular weight excluding hydrogens is 268 g/mol. The van der Waals surface area contributed by atoms with Gasteiger partial charge in [0.05, 0.1) is 10.0 Å². The van der Waals surface area contributed by atoms with Crippen LogP contribution >= 0.6 is 34.8 Å². The number of hydrogen-bond acceptors (Lipinski definition) is 2. The molecule has 0 amide bonds. The maximum atomic E-state index is 8.67. The maximum Gasteiger partial charge on any atom is 0.162 e. The van der Waals surface area contributed by atoms with E-state index in [-0.39, 0.29) is 0 Å². The molecule has 1 heterocycles. The number of benzene rings is 1. The molecule has 0 N–H and O–H groups in total. The minimum Gasteiger partial charge on any atom is -0.237 e. The van der Waals surface area contributed by atoms with Crippen LogP contribution in [0.4, 0.5) is 0 Å². The summed E-state index contributed by atoms with van der Waals surface area (Å²) in [5.74, 6) is 0. The topological polar surface area (TPSA) is 41.6 Å². The number of aromatic nitrogens is 2. The molecule has 2 aromatic rings. The van der Waals surface area contributed by atoms with Gasteiger partial charge in [0.2, 0.25) is 0 Å². The van der Waals surface area contributed by atoms with Gasteiger partial charge in [-0.3, -0.25) is 0 Å². The Balaban J connectivity index is 2.60. The predicted octanol–water partition coefficient (Wildman–Crippen LogP) is 3.70. The van der Waals surface area contributed by atoms with Crippen molar-refractivity contribution in [1.82, 2.24) is 9.78 Å². The summed E-state index contributed by atoms with van der Waals surface area (Å²) in [7, 11) is 0. The van der Waals surface area contributed by atoms with Gasteiger partial charge in [0, 0.05) is 11.2 Å². The van der Waals surface area contributed by atoms with Crippen LogP contribution in [0.1, 0.15) is 5.69 Å². The van der Waals surface area contributed by atoms with E-state index in [9.17, 15) is 0 Å². The van der Waals surface area contributed by atoms with Crippen LogP contribution in [0.2, 0.25) is 15.1 Å². The van der Waals surface area contributed by atoms with Crippen LogP contribution in [0.25, 0.3) is 5.69 Å². The fourth-order valence-corrected chi connectivity index (χ4v) is 2.25. The molecular formula is C10H4Cl3N3. The Morgan fingerprint density at radius 1 is 1.19 bits per heavy atom. The first-order chi connectivity index (χ1) is 7.61. The Kier molecular flexibility index (Phi) is 3.06. The summed E-state index contributed by atoms with van der Waals surface area (Å²) in [5.41, 5.74) is 0.802.